The van der Waals surface area contributed by atoms with Gasteiger partial charge in [-0.3, -0.25) is 9.97 Å². The van der Waals surface area contributed by atoms with Crippen LogP contribution < -0.4 is 0 Å². The first kappa shape index (κ1) is 33.0. The number of benzene rings is 4. The van der Waals surface area contributed by atoms with E-state index >= 15 is 0 Å². The molecule has 8 unspecified atom stereocenters. The monoisotopic (exact) mass is 891 g/mol. The Balaban J connectivity index is 0.00000335. The second-order valence-electron chi connectivity index (χ2n) is 18.5. The van der Waals surface area contributed by atoms with Gasteiger partial charge >= 0.3 is 21.1 Å². The van der Waals surface area contributed by atoms with Gasteiger partial charge in [0.05, 0.1) is 11.4 Å². The Labute approximate surface area is 339 Å². The van der Waals surface area contributed by atoms with Gasteiger partial charge in [-0.15, -0.1) is 70.8 Å². The fraction of sp³-hybridized carbons (Fsp3) is 0.346. The molecule has 3 heteroatoms. The Morgan fingerprint density at radius 2 is 0.873 bits per heavy atom. The zero-order valence-electron chi connectivity index (χ0n) is 31.5. The van der Waals surface area contributed by atoms with Crippen molar-refractivity contribution in [2.24, 2.45) is 23.7 Å². The zero-order valence-corrected chi connectivity index (χ0v) is 33.7. The number of rotatable bonds is 2. The molecule has 2 nitrogen and oxygen atoms in total. The fourth-order valence-electron chi connectivity index (χ4n) is 14.2. The Hall–Kier alpha value is -4.13. The van der Waals surface area contributed by atoms with Crippen molar-refractivity contribution >= 4 is 0 Å². The van der Waals surface area contributed by atoms with Gasteiger partial charge in [-0.05, 0) is 119 Å². The Kier molecular flexibility index (Phi) is 6.90. The molecule has 0 spiro atoms. The first-order chi connectivity index (χ1) is 26.5. The van der Waals surface area contributed by atoms with Gasteiger partial charge in [0, 0.05) is 5.41 Å². The number of hydrogen-bond donors (Lipinski definition) is 0. The second-order valence-corrected chi connectivity index (χ2v) is 18.5. The summed E-state index contributed by atoms with van der Waals surface area (Å²) in [6.45, 7) is 4.80. The number of fused-ring (bicyclic) bond motifs is 22. The molecular weight excluding hydrogens is 848 g/mol. The van der Waals surface area contributed by atoms with Crippen molar-refractivity contribution in [2.45, 2.75) is 86.9 Å². The molecule has 0 amide bonds. The van der Waals surface area contributed by atoms with E-state index in [2.05, 4.69) is 135 Å². The number of nitrogens with zero attached hydrogens (tertiary/aromatic N) is 2. The van der Waals surface area contributed by atoms with Crippen LogP contribution in [0.15, 0.2) is 109 Å². The van der Waals surface area contributed by atoms with Crippen LogP contribution in [0, 0.1) is 35.8 Å². The molecule has 4 saturated carbocycles. The molecule has 7 aliphatic rings. The summed E-state index contributed by atoms with van der Waals surface area (Å²) in [7, 11) is 0. The summed E-state index contributed by atoms with van der Waals surface area (Å²) in [6, 6.07) is 49.2. The molecule has 0 radical (unpaired) electrons. The molecule has 0 aliphatic heterocycles. The summed E-state index contributed by atoms with van der Waals surface area (Å²) < 4.78 is 0. The van der Waals surface area contributed by atoms with E-state index in [-0.39, 0.29) is 26.5 Å². The van der Waals surface area contributed by atoms with E-state index < -0.39 is 5.41 Å². The van der Waals surface area contributed by atoms with Crippen LogP contribution in [0.1, 0.15) is 132 Å². The quantitative estimate of drug-likeness (QED) is 0.162. The first-order valence-electron chi connectivity index (χ1n) is 20.8. The van der Waals surface area contributed by atoms with E-state index in [0.29, 0.717) is 23.7 Å². The summed E-state index contributed by atoms with van der Waals surface area (Å²) in [6.07, 6.45) is 8.12. The molecule has 8 atom stereocenters. The van der Waals surface area contributed by atoms with Crippen molar-refractivity contribution in [3.05, 3.63) is 177 Å². The fourth-order valence-corrected chi connectivity index (χ4v) is 14.2. The van der Waals surface area contributed by atoms with Crippen LogP contribution in [0.2, 0.25) is 0 Å². The molecule has 2 aromatic heterocycles. The van der Waals surface area contributed by atoms with E-state index in [1.807, 2.05) is 0 Å². The van der Waals surface area contributed by atoms with E-state index in [9.17, 15) is 0 Å². The van der Waals surface area contributed by atoms with Gasteiger partial charge in [-0.2, -0.15) is 0 Å². The minimum Gasteiger partial charge on any atom is -0.299 e. The van der Waals surface area contributed by atoms with Crippen LogP contribution >= 0.6 is 0 Å². The molecule has 272 valence electrons. The SMILES string of the molecule is CC1(C)c2ccccc2C(c2ccc3c(n2)-c2[c-]cccc2C2C4CCC(C4)C32)(c2ccc3c(n2)-c2[c-]cccc2C2C4CCC(C4)C32)c2ccccc21.[Pt+2]. The molecule has 6 aromatic rings. The third-order valence-electron chi connectivity index (χ3n) is 16.1. The average Bonchev–Trinajstić information content (AvgIpc) is 4.05. The van der Waals surface area contributed by atoms with Gasteiger partial charge in [0.1, 0.15) is 5.41 Å². The summed E-state index contributed by atoms with van der Waals surface area (Å²) in [5, 5.41) is 0. The van der Waals surface area contributed by atoms with E-state index in [1.54, 1.807) is 0 Å². The van der Waals surface area contributed by atoms with Gasteiger partial charge in [-0.1, -0.05) is 98.5 Å². The number of hydrogen-bond acceptors (Lipinski definition) is 2. The smallest absolute Gasteiger partial charge is 0.299 e. The molecule has 7 aliphatic carbocycles. The van der Waals surface area contributed by atoms with Crippen molar-refractivity contribution in [3.63, 3.8) is 0 Å². The van der Waals surface area contributed by atoms with Crippen LogP contribution in [-0.2, 0) is 31.9 Å². The van der Waals surface area contributed by atoms with Crippen LogP contribution in [-0.4, -0.2) is 9.97 Å². The standard InChI is InChI=1S/C52H44N2.Pt/c1-51(2)39-15-7-9-17-41(39)52(42-18-10-8-16-40(42)51,43-25-23-37-47-31-21-19-29(27-31)45(47)33-11-3-5-13-35(33)49(37)53-43)44-26-24-38-48-32-22-20-30(28-32)46(48)34-12-4-6-14-36(34)50(38)54-44;/h3-12,15-18,23-26,29-32,45-48H,19-22,27-28H2,1-2H3;/q-2;+2. The summed E-state index contributed by atoms with van der Waals surface area (Å²) >= 11 is 0. The van der Waals surface area contributed by atoms with Crippen LogP contribution in [0.3, 0.4) is 0 Å². The van der Waals surface area contributed by atoms with Crippen LogP contribution in [0.4, 0.5) is 0 Å². The van der Waals surface area contributed by atoms with Crippen molar-refractivity contribution < 1.29 is 21.1 Å². The molecule has 4 aromatic carbocycles. The van der Waals surface area contributed by atoms with Crippen molar-refractivity contribution in [2.75, 3.05) is 0 Å². The largest absolute Gasteiger partial charge is 2.00 e. The van der Waals surface area contributed by atoms with Gasteiger partial charge in [0.25, 0.3) is 0 Å². The third kappa shape index (κ3) is 4.05. The summed E-state index contributed by atoms with van der Waals surface area (Å²) in [5.41, 5.74) is 17.1. The molecule has 55 heavy (non-hydrogen) atoms. The Morgan fingerprint density at radius 3 is 1.31 bits per heavy atom. The minimum atomic E-state index is -0.715. The number of aromatic nitrogens is 2. The van der Waals surface area contributed by atoms with Gasteiger partial charge in [0.15, 0.2) is 0 Å². The maximum absolute atomic E-state index is 5.98. The normalized spacial score (nSPS) is 29.7. The minimum absolute atomic E-state index is 0. The molecule has 4 bridgehead atoms. The third-order valence-corrected chi connectivity index (χ3v) is 16.1. The Bertz CT molecular complexity index is 2410. The molecular formula is C52H44N2Pt. The maximum Gasteiger partial charge on any atom is 2.00 e. The first-order valence-corrected chi connectivity index (χ1v) is 20.8. The predicted molar refractivity (Wildman–Crippen MR) is 214 cm³/mol. The van der Waals surface area contributed by atoms with E-state index in [1.165, 1.54) is 94.2 Å². The van der Waals surface area contributed by atoms with Crippen LogP contribution in [0.5, 0.6) is 0 Å². The molecule has 4 fully saturated rings. The van der Waals surface area contributed by atoms with Gasteiger partial charge < -0.3 is 0 Å². The van der Waals surface area contributed by atoms with Crippen molar-refractivity contribution in [3.8, 4) is 22.5 Å². The van der Waals surface area contributed by atoms with Crippen LogP contribution in [0.25, 0.3) is 22.5 Å². The van der Waals surface area contributed by atoms with Crippen molar-refractivity contribution in [1.82, 2.24) is 9.97 Å². The van der Waals surface area contributed by atoms with Gasteiger partial charge in [0.2, 0.25) is 0 Å². The summed E-state index contributed by atoms with van der Waals surface area (Å²) in [4.78, 5) is 12.0. The molecule has 2 heterocycles. The zero-order chi connectivity index (χ0) is 35.5. The predicted octanol–water partition coefficient (Wildman–Crippen LogP) is 11.7. The maximum atomic E-state index is 5.98. The summed E-state index contributed by atoms with van der Waals surface area (Å²) in [5.74, 6) is 5.34. The molecule has 0 N–H and O–H groups in total. The average molecular weight is 892 g/mol. The Morgan fingerprint density at radius 1 is 0.473 bits per heavy atom. The van der Waals surface area contributed by atoms with E-state index in [4.69, 9.17) is 9.97 Å². The topological polar surface area (TPSA) is 25.8 Å². The molecule has 13 rings (SSSR count). The van der Waals surface area contributed by atoms with Crippen molar-refractivity contribution in [1.29, 1.82) is 0 Å². The van der Waals surface area contributed by atoms with E-state index in [0.717, 1.165) is 46.4 Å². The molecule has 0 saturated heterocycles. The second kappa shape index (κ2) is 11.5. The van der Waals surface area contributed by atoms with Gasteiger partial charge in [-0.25, -0.2) is 0 Å². The number of pyridine rings is 2.